The van der Waals surface area contributed by atoms with Crippen LogP contribution >= 0.6 is 11.6 Å². The summed E-state index contributed by atoms with van der Waals surface area (Å²) in [5.41, 5.74) is 5.64. The first-order chi connectivity index (χ1) is 11.6. The van der Waals surface area contributed by atoms with Crippen molar-refractivity contribution in [2.45, 2.75) is 13.5 Å². The van der Waals surface area contributed by atoms with Crippen molar-refractivity contribution in [3.05, 3.63) is 64.7 Å². The van der Waals surface area contributed by atoms with Crippen LogP contribution in [0.1, 0.15) is 22.8 Å². The Bertz CT molecular complexity index is 704. The van der Waals surface area contributed by atoms with Gasteiger partial charge in [-0.05, 0) is 36.8 Å². The van der Waals surface area contributed by atoms with E-state index in [1.54, 1.807) is 43.3 Å². The number of ether oxygens (including phenoxy) is 2. The number of halogens is 1. The number of hydrogen-bond donors (Lipinski definition) is 2. The molecule has 0 saturated carbocycles. The molecule has 2 rings (SSSR count). The summed E-state index contributed by atoms with van der Waals surface area (Å²) in [6, 6.07) is 13.9. The third kappa shape index (κ3) is 5.17. The Balaban J connectivity index is 1.99. The lowest BCUT2D eigenvalue weighted by Crippen LogP contribution is -2.42. The van der Waals surface area contributed by atoms with Gasteiger partial charge in [-0.2, -0.15) is 0 Å². The normalized spacial score (nSPS) is 9.92. The Labute approximate surface area is 144 Å². The summed E-state index contributed by atoms with van der Waals surface area (Å²) in [6.07, 6.45) is -0.731. The van der Waals surface area contributed by atoms with Crippen LogP contribution in [-0.2, 0) is 11.3 Å². The lowest BCUT2D eigenvalue weighted by Gasteiger charge is -2.12. The van der Waals surface area contributed by atoms with Crippen LogP contribution in [0.5, 0.6) is 5.75 Å². The fraction of sp³-hybridized carbons (Fsp3) is 0.176. The van der Waals surface area contributed by atoms with Gasteiger partial charge in [-0.3, -0.25) is 10.2 Å². The van der Waals surface area contributed by atoms with Crippen molar-refractivity contribution >= 4 is 23.6 Å². The lowest BCUT2D eigenvalue weighted by atomic mass is 10.2. The number of para-hydroxylation sites is 1. The van der Waals surface area contributed by atoms with E-state index in [0.717, 1.165) is 5.56 Å². The molecule has 0 atom stereocenters. The molecular weight excluding hydrogens is 332 g/mol. The minimum atomic E-state index is -0.731. The molecule has 2 aromatic rings. The van der Waals surface area contributed by atoms with Crippen molar-refractivity contribution in [3.8, 4) is 5.75 Å². The van der Waals surface area contributed by atoms with E-state index in [1.807, 2.05) is 12.1 Å². The minimum Gasteiger partial charge on any atom is -0.488 e. The topological polar surface area (TPSA) is 76.7 Å². The zero-order chi connectivity index (χ0) is 17.4. The Morgan fingerprint density at radius 3 is 2.46 bits per heavy atom. The second-order valence-electron chi connectivity index (χ2n) is 4.71. The number of carbonyl (C=O) groups excluding carboxylic acids is 2. The summed E-state index contributed by atoms with van der Waals surface area (Å²) in [7, 11) is 0. The molecule has 0 bridgehead atoms. The van der Waals surface area contributed by atoms with Crippen LogP contribution in [-0.4, -0.2) is 18.6 Å². The van der Waals surface area contributed by atoms with Crippen molar-refractivity contribution in [3.63, 3.8) is 0 Å². The van der Waals surface area contributed by atoms with E-state index >= 15 is 0 Å². The van der Waals surface area contributed by atoms with Crippen molar-refractivity contribution in [2.24, 2.45) is 0 Å². The first-order valence-electron chi connectivity index (χ1n) is 7.29. The number of nitrogens with one attached hydrogen (secondary N) is 2. The number of hydrogen-bond acceptors (Lipinski definition) is 4. The van der Waals surface area contributed by atoms with Crippen LogP contribution in [0.3, 0.4) is 0 Å². The third-order valence-electron chi connectivity index (χ3n) is 2.99. The first-order valence-corrected chi connectivity index (χ1v) is 7.67. The second kappa shape index (κ2) is 8.79. The van der Waals surface area contributed by atoms with Gasteiger partial charge >= 0.3 is 6.09 Å². The molecule has 0 heterocycles. The zero-order valence-electron chi connectivity index (χ0n) is 13.0. The number of benzene rings is 2. The summed E-state index contributed by atoms with van der Waals surface area (Å²) in [6.45, 7) is 2.16. The number of rotatable bonds is 5. The van der Waals surface area contributed by atoms with Crippen LogP contribution in [0.4, 0.5) is 4.79 Å². The summed E-state index contributed by atoms with van der Waals surface area (Å²) >= 11 is 5.84. The minimum absolute atomic E-state index is 0.211. The van der Waals surface area contributed by atoms with Gasteiger partial charge in [-0.25, -0.2) is 10.2 Å². The average molecular weight is 349 g/mol. The van der Waals surface area contributed by atoms with Crippen molar-refractivity contribution < 1.29 is 19.1 Å². The van der Waals surface area contributed by atoms with E-state index in [0.29, 0.717) is 16.3 Å². The van der Waals surface area contributed by atoms with Gasteiger partial charge in [-0.1, -0.05) is 35.9 Å². The molecule has 7 heteroatoms. The highest BCUT2D eigenvalue weighted by Gasteiger charge is 2.13. The molecule has 0 spiro atoms. The zero-order valence-corrected chi connectivity index (χ0v) is 13.8. The highest BCUT2D eigenvalue weighted by molar-refractivity contribution is 6.30. The highest BCUT2D eigenvalue weighted by Crippen LogP contribution is 2.19. The van der Waals surface area contributed by atoms with Crippen LogP contribution in [0.15, 0.2) is 48.5 Å². The molecule has 0 saturated heterocycles. The summed E-state index contributed by atoms with van der Waals surface area (Å²) in [4.78, 5) is 23.4. The van der Waals surface area contributed by atoms with Gasteiger partial charge in [0.25, 0.3) is 5.91 Å². The van der Waals surface area contributed by atoms with Gasteiger partial charge in [0, 0.05) is 5.02 Å². The highest BCUT2D eigenvalue weighted by atomic mass is 35.5. The maximum Gasteiger partial charge on any atom is 0.426 e. The predicted octanol–water partition coefficient (Wildman–Crippen LogP) is 3.31. The van der Waals surface area contributed by atoms with Crippen molar-refractivity contribution in [1.82, 2.24) is 10.9 Å². The van der Waals surface area contributed by atoms with Gasteiger partial charge in [0.15, 0.2) is 0 Å². The number of amides is 2. The Morgan fingerprint density at radius 2 is 1.75 bits per heavy atom. The Hall–Kier alpha value is -2.73. The molecule has 6 nitrogen and oxygen atoms in total. The fourth-order valence-corrected chi connectivity index (χ4v) is 1.99. The predicted molar refractivity (Wildman–Crippen MR) is 89.8 cm³/mol. The monoisotopic (exact) mass is 348 g/mol. The molecule has 0 aliphatic carbocycles. The van der Waals surface area contributed by atoms with E-state index in [-0.39, 0.29) is 13.2 Å². The molecule has 2 amide bonds. The van der Waals surface area contributed by atoms with Crippen molar-refractivity contribution in [1.29, 1.82) is 0 Å². The lowest BCUT2D eigenvalue weighted by molar-refractivity contribution is 0.0908. The van der Waals surface area contributed by atoms with Gasteiger partial charge in [0.05, 0.1) is 12.2 Å². The quantitative estimate of drug-likeness (QED) is 0.813. The Morgan fingerprint density at radius 1 is 1.04 bits per heavy atom. The van der Waals surface area contributed by atoms with E-state index in [1.165, 1.54) is 0 Å². The summed E-state index contributed by atoms with van der Waals surface area (Å²) in [5, 5.41) is 0.642. The standard InChI is InChI=1S/C17H17ClN2O4/c1-2-23-17(22)20-19-16(21)14-5-3-4-6-15(14)24-11-12-7-9-13(18)10-8-12/h3-10H,2,11H2,1H3,(H,19,21)(H,20,22). The van der Waals surface area contributed by atoms with Crippen LogP contribution in [0.2, 0.25) is 5.02 Å². The van der Waals surface area contributed by atoms with Crippen molar-refractivity contribution in [2.75, 3.05) is 6.61 Å². The van der Waals surface area contributed by atoms with E-state index in [4.69, 9.17) is 16.3 Å². The van der Waals surface area contributed by atoms with Gasteiger partial charge in [-0.15, -0.1) is 0 Å². The molecule has 24 heavy (non-hydrogen) atoms. The SMILES string of the molecule is CCOC(=O)NNC(=O)c1ccccc1OCc1ccc(Cl)cc1. The largest absolute Gasteiger partial charge is 0.488 e. The number of hydrazine groups is 1. The smallest absolute Gasteiger partial charge is 0.426 e. The molecule has 0 unspecified atom stereocenters. The van der Waals surface area contributed by atoms with Crippen LogP contribution in [0.25, 0.3) is 0 Å². The third-order valence-corrected chi connectivity index (χ3v) is 3.24. The van der Waals surface area contributed by atoms with Gasteiger partial charge < -0.3 is 9.47 Å². The molecule has 0 aliphatic rings. The summed E-state index contributed by atoms with van der Waals surface area (Å²) < 4.78 is 10.4. The van der Waals surface area contributed by atoms with Gasteiger partial charge in [0.1, 0.15) is 12.4 Å². The molecule has 0 radical (unpaired) electrons. The first kappa shape index (κ1) is 17.6. The molecule has 0 fully saturated rings. The molecule has 0 aliphatic heterocycles. The summed E-state index contributed by atoms with van der Waals surface area (Å²) in [5.74, 6) is -0.106. The van der Waals surface area contributed by atoms with Gasteiger partial charge in [0.2, 0.25) is 0 Å². The van der Waals surface area contributed by atoms with E-state index < -0.39 is 12.0 Å². The molecule has 126 valence electrons. The average Bonchev–Trinajstić information content (AvgIpc) is 2.60. The molecule has 2 N–H and O–H groups in total. The number of carbonyl (C=O) groups is 2. The fourth-order valence-electron chi connectivity index (χ4n) is 1.86. The van der Waals surface area contributed by atoms with Crippen LogP contribution < -0.4 is 15.6 Å². The molecular formula is C17H17ClN2O4. The van der Waals surface area contributed by atoms with Crippen LogP contribution in [0, 0.1) is 0 Å². The van der Waals surface area contributed by atoms with E-state index in [9.17, 15) is 9.59 Å². The molecule has 0 aromatic heterocycles. The maximum atomic E-state index is 12.2. The molecule has 2 aromatic carbocycles. The van der Waals surface area contributed by atoms with E-state index in [2.05, 4.69) is 15.6 Å². The maximum absolute atomic E-state index is 12.2. The second-order valence-corrected chi connectivity index (χ2v) is 5.15. The Kier molecular flexibility index (Phi) is 6.45.